The monoisotopic (exact) mass is 490 g/mol. The van der Waals surface area contributed by atoms with Gasteiger partial charge in [0.1, 0.15) is 6.33 Å². The van der Waals surface area contributed by atoms with Gasteiger partial charge in [-0.2, -0.15) is 0 Å². The van der Waals surface area contributed by atoms with Crippen molar-refractivity contribution in [3.8, 4) is 0 Å². The molecule has 0 fully saturated rings. The normalized spacial score (nSPS) is 18.9. The molecule has 1 aliphatic rings. The molecule has 1 aliphatic heterocycles. The Morgan fingerprint density at radius 2 is 1.48 bits per heavy atom. The number of hydrogen-bond donors (Lipinski definition) is 1. The lowest BCUT2D eigenvalue weighted by Gasteiger charge is -2.41. The Hall–Kier alpha value is -1.19. The van der Waals surface area contributed by atoms with E-state index in [4.69, 9.17) is 18.1 Å². The number of fused-ring (bicyclic) bond motifs is 1. The van der Waals surface area contributed by atoms with Gasteiger partial charge in [0, 0.05) is 0 Å². The lowest BCUT2D eigenvalue weighted by atomic mass is 10.1. The molecule has 172 valence electrons. The molecule has 10 nitrogen and oxygen atoms in total. The van der Waals surface area contributed by atoms with Crippen LogP contribution in [0.15, 0.2) is 41.8 Å². The molecule has 0 spiro atoms. The Bertz CT molecular complexity index is 889. The van der Waals surface area contributed by atoms with E-state index in [1.54, 1.807) is 32.4 Å². The molecule has 2 aromatic rings. The molecular formula is C18H28N4O6P2S. The maximum Gasteiger partial charge on any atom is 0.349 e. The van der Waals surface area contributed by atoms with Gasteiger partial charge in [0.05, 0.1) is 26.4 Å². The van der Waals surface area contributed by atoms with Gasteiger partial charge < -0.3 is 18.1 Å². The van der Waals surface area contributed by atoms with Crippen LogP contribution in [-0.4, -0.2) is 46.7 Å². The molecule has 0 bridgehead atoms. The van der Waals surface area contributed by atoms with E-state index in [9.17, 15) is 9.13 Å². The average Bonchev–Trinajstić information content (AvgIpc) is 3.29. The van der Waals surface area contributed by atoms with Crippen molar-refractivity contribution < 1.29 is 27.2 Å². The van der Waals surface area contributed by atoms with Crippen LogP contribution in [0.1, 0.15) is 33.3 Å². The van der Waals surface area contributed by atoms with E-state index in [0.717, 1.165) is 0 Å². The molecular weight excluding hydrogens is 462 g/mol. The van der Waals surface area contributed by atoms with Crippen LogP contribution < -0.4 is 5.43 Å². The molecule has 0 amide bonds. The summed E-state index contributed by atoms with van der Waals surface area (Å²) in [6.07, 6.45) is 1.49. The molecule has 2 heterocycles. The maximum absolute atomic E-state index is 14.3. The second-order valence-electron chi connectivity index (χ2n) is 6.42. The van der Waals surface area contributed by atoms with Crippen LogP contribution in [0.5, 0.6) is 0 Å². The zero-order chi connectivity index (χ0) is 22.5. The number of nitrogens with one attached hydrogen (secondary N) is 1. The highest BCUT2D eigenvalue weighted by Gasteiger charge is 2.66. The Labute approximate surface area is 186 Å². The summed E-state index contributed by atoms with van der Waals surface area (Å²) in [7, 11) is -8.10. The molecule has 0 aliphatic carbocycles. The number of thioether (sulfide) groups is 1. The van der Waals surface area contributed by atoms with Gasteiger partial charge in [-0.25, -0.2) is 4.68 Å². The first kappa shape index (κ1) is 24.5. The van der Waals surface area contributed by atoms with Crippen LogP contribution in [0.2, 0.25) is 0 Å². The fourth-order valence-electron chi connectivity index (χ4n) is 3.48. The SMILES string of the molecule is CCOP(=O)(OCC)C(C1(c2ccccc2)Nn2cnnc2S1)P(=O)(OCC)OCC. The third kappa shape index (κ3) is 4.64. The summed E-state index contributed by atoms with van der Waals surface area (Å²) in [5.74, 6) is 0. The molecule has 31 heavy (non-hydrogen) atoms. The van der Waals surface area contributed by atoms with Gasteiger partial charge in [0.2, 0.25) is 10.6 Å². The lowest BCUT2D eigenvalue weighted by molar-refractivity contribution is 0.190. The highest BCUT2D eigenvalue weighted by Crippen LogP contribution is 2.77. The second kappa shape index (κ2) is 10.2. The summed E-state index contributed by atoms with van der Waals surface area (Å²) in [5.41, 5.74) is 3.97. The largest absolute Gasteiger partial charge is 0.349 e. The van der Waals surface area contributed by atoms with Gasteiger partial charge in [-0.3, -0.25) is 14.6 Å². The Balaban J connectivity index is 2.29. The molecule has 13 heteroatoms. The first-order chi connectivity index (χ1) is 14.9. The summed E-state index contributed by atoms with van der Waals surface area (Å²) in [5, 5.41) is 7.19. The van der Waals surface area contributed by atoms with E-state index < -0.39 is 25.5 Å². The van der Waals surface area contributed by atoms with Crippen molar-refractivity contribution in [2.45, 2.75) is 43.1 Å². The maximum atomic E-state index is 14.3. The molecule has 0 saturated carbocycles. The van der Waals surface area contributed by atoms with Crippen molar-refractivity contribution in [3.05, 3.63) is 42.2 Å². The van der Waals surface area contributed by atoms with Crippen molar-refractivity contribution >= 4 is 27.0 Å². The number of rotatable bonds is 12. The Kier molecular flexibility index (Phi) is 8.02. The summed E-state index contributed by atoms with van der Waals surface area (Å²) in [4.78, 5) is -1.29. The van der Waals surface area contributed by atoms with E-state index >= 15 is 0 Å². The first-order valence-corrected chi connectivity index (χ1v) is 14.1. The van der Waals surface area contributed by atoms with Crippen LogP contribution in [-0.2, 0) is 32.1 Å². The molecule has 0 saturated heterocycles. The predicted molar refractivity (Wildman–Crippen MR) is 119 cm³/mol. The standard InChI is InChI=1S/C18H28N4O6P2S/c1-5-25-29(23,26-6-2)16(30(24,27-7-3)28-8-4)18(15-12-10-9-11-13-15)21-22-14-19-20-17(22)31-18/h9-14,16,21H,5-8H2,1-4H3. The van der Waals surface area contributed by atoms with Crippen LogP contribution >= 0.6 is 27.0 Å². The summed E-state index contributed by atoms with van der Waals surface area (Å²) in [6.45, 7) is 7.17. The van der Waals surface area contributed by atoms with Crippen molar-refractivity contribution in [2.24, 2.45) is 0 Å². The van der Waals surface area contributed by atoms with Gasteiger partial charge >= 0.3 is 15.2 Å². The molecule has 1 unspecified atom stereocenters. The third-order valence-corrected chi connectivity index (χ3v) is 12.3. The number of hydrogen-bond acceptors (Lipinski definition) is 10. The highest BCUT2D eigenvalue weighted by atomic mass is 32.2. The van der Waals surface area contributed by atoms with Gasteiger partial charge in [0.15, 0.2) is 4.87 Å². The van der Waals surface area contributed by atoms with Crippen molar-refractivity contribution in [3.63, 3.8) is 0 Å². The zero-order valence-corrected chi connectivity index (χ0v) is 20.6. The first-order valence-electron chi connectivity index (χ1n) is 10.1. The van der Waals surface area contributed by atoms with Crippen LogP contribution in [0.3, 0.4) is 0 Å². The van der Waals surface area contributed by atoms with Crippen molar-refractivity contribution in [1.82, 2.24) is 14.9 Å². The third-order valence-electron chi connectivity index (χ3n) is 4.46. The van der Waals surface area contributed by atoms with E-state index in [-0.39, 0.29) is 26.4 Å². The minimum atomic E-state index is -4.05. The van der Waals surface area contributed by atoms with Gasteiger partial charge in [-0.05, 0) is 45.0 Å². The number of aromatic nitrogens is 3. The van der Waals surface area contributed by atoms with Gasteiger partial charge in [0.25, 0.3) is 0 Å². The Morgan fingerprint density at radius 1 is 0.968 bits per heavy atom. The molecule has 0 radical (unpaired) electrons. The molecule has 1 aromatic heterocycles. The fourth-order valence-corrected chi connectivity index (χ4v) is 11.3. The summed E-state index contributed by atoms with van der Waals surface area (Å²) < 4.78 is 53.0. The quantitative estimate of drug-likeness (QED) is 0.422. The number of benzene rings is 1. The summed E-state index contributed by atoms with van der Waals surface area (Å²) >= 11 is 1.22. The second-order valence-corrected chi connectivity index (χ2v) is 12.3. The summed E-state index contributed by atoms with van der Waals surface area (Å²) in [6, 6.07) is 9.23. The van der Waals surface area contributed by atoms with Crippen LogP contribution in [0, 0.1) is 0 Å². The van der Waals surface area contributed by atoms with Crippen molar-refractivity contribution in [2.75, 3.05) is 31.9 Å². The average molecular weight is 490 g/mol. The predicted octanol–water partition coefficient (Wildman–Crippen LogP) is 4.64. The van der Waals surface area contributed by atoms with E-state index in [2.05, 4.69) is 15.6 Å². The minimum Gasteiger partial charge on any atom is -0.308 e. The Morgan fingerprint density at radius 3 is 1.94 bits per heavy atom. The van der Waals surface area contributed by atoms with Gasteiger partial charge in [-0.15, -0.1) is 10.2 Å². The van der Waals surface area contributed by atoms with Crippen LogP contribution in [0.25, 0.3) is 0 Å². The number of nitrogens with zero attached hydrogens (tertiary/aromatic N) is 3. The smallest absolute Gasteiger partial charge is 0.308 e. The fraction of sp³-hybridized carbons (Fsp3) is 0.556. The molecule has 1 aromatic carbocycles. The van der Waals surface area contributed by atoms with Crippen LogP contribution in [0.4, 0.5) is 0 Å². The minimum absolute atomic E-state index is 0.0910. The lowest BCUT2D eigenvalue weighted by Crippen LogP contribution is -2.45. The molecule has 3 rings (SSSR count). The van der Waals surface area contributed by atoms with E-state index in [0.29, 0.717) is 10.7 Å². The van der Waals surface area contributed by atoms with Gasteiger partial charge in [-0.1, -0.05) is 30.3 Å². The van der Waals surface area contributed by atoms with Crippen molar-refractivity contribution in [1.29, 1.82) is 0 Å². The molecule has 1 atom stereocenters. The molecule has 1 N–H and O–H groups in total. The van der Waals surface area contributed by atoms with E-state index in [1.165, 1.54) is 18.1 Å². The highest BCUT2D eigenvalue weighted by molar-refractivity contribution is 8.01. The topological polar surface area (TPSA) is 114 Å². The van der Waals surface area contributed by atoms with E-state index in [1.807, 2.05) is 30.3 Å². The zero-order valence-electron chi connectivity index (χ0n) is 18.0.